The fourth-order valence-electron chi connectivity index (χ4n) is 3.95. The number of hydrogen-bond donors (Lipinski definition) is 2. The van der Waals surface area contributed by atoms with E-state index in [4.69, 9.17) is 16.3 Å². The Morgan fingerprint density at radius 2 is 1.97 bits per heavy atom. The molecule has 2 aromatic heterocycles. The first-order valence-corrected chi connectivity index (χ1v) is 12.3. The van der Waals surface area contributed by atoms with E-state index in [-0.39, 0.29) is 30.9 Å². The molecule has 1 aliphatic rings. The average molecular weight is 555 g/mol. The van der Waals surface area contributed by atoms with Gasteiger partial charge in [0.05, 0.1) is 39.3 Å². The van der Waals surface area contributed by atoms with Crippen LogP contribution in [-0.4, -0.2) is 66.1 Å². The van der Waals surface area contributed by atoms with Gasteiger partial charge in [-0.15, -0.1) is 11.3 Å². The van der Waals surface area contributed by atoms with Gasteiger partial charge >= 0.3 is 0 Å². The molecular weight excluding hydrogens is 533 g/mol. The summed E-state index contributed by atoms with van der Waals surface area (Å²) in [7, 11) is 0. The van der Waals surface area contributed by atoms with E-state index in [0.717, 1.165) is 17.4 Å². The second-order valence-corrected chi connectivity index (χ2v) is 9.98. The van der Waals surface area contributed by atoms with Crippen LogP contribution in [0.5, 0.6) is 0 Å². The third-order valence-corrected chi connectivity index (χ3v) is 6.82. The van der Waals surface area contributed by atoms with Crippen LogP contribution < -0.4 is 16.2 Å². The number of pyridine rings is 1. The van der Waals surface area contributed by atoms with Gasteiger partial charge in [0.1, 0.15) is 12.4 Å². The van der Waals surface area contributed by atoms with Gasteiger partial charge in [0, 0.05) is 31.4 Å². The largest absolute Gasteiger partial charge is 0.369 e. The van der Waals surface area contributed by atoms with Gasteiger partial charge in [-0.05, 0) is 30.3 Å². The summed E-state index contributed by atoms with van der Waals surface area (Å²) in [5, 5.41) is 5.23. The van der Waals surface area contributed by atoms with Crippen molar-refractivity contribution in [3.05, 3.63) is 80.1 Å². The predicted octanol–water partition coefficient (Wildman–Crippen LogP) is 3.39. The summed E-state index contributed by atoms with van der Waals surface area (Å²) in [6.45, 7) is -0.742. The van der Waals surface area contributed by atoms with Crippen LogP contribution in [0.1, 0.15) is 9.67 Å². The smallest absolute Gasteiger partial charge is 0.261 e. The minimum Gasteiger partial charge on any atom is -0.369 e. The minimum atomic E-state index is -2.69. The van der Waals surface area contributed by atoms with Crippen molar-refractivity contribution in [2.45, 2.75) is 18.6 Å². The van der Waals surface area contributed by atoms with E-state index in [0.29, 0.717) is 14.9 Å². The number of rotatable bonds is 9. The number of hydrogen-bond acceptors (Lipinski definition) is 6. The number of halogens is 4. The topological polar surface area (TPSA) is 92.7 Å². The van der Waals surface area contributed by atoms with Crippen LogP contribution >= 0.6 is 22.9 Å². The minimum absolute atomic E-state index is 0.0816. The first-order chi connectivity index (χ1) is 17.7. The number of amides is 2. The molecular formula is C24H22ClF3N4O4S. The number of nitrogens with one attached hydrogen (secondary N) is 2. The molecule has 0 bridgehead atoms. The molecule has 1 aromatic carbocycles. The van der Waals surface area contributed by atoms with Gasteiger partial charge in [0.2, 0.25) is 5.91 Å². The summed E-state index contributed by atoms with van der Waals surface area (Å²) in [4.78, 5) is 39.1. The number of aromatic nitrogens is 1. The van der Waals surface area contributed by atoms with Crippen molar-refractivity contribution < 1.29 is 27.5 Å². The number of ether oxygens (including phenoxy) is 1. The maximum absolute atomic E-state index is 14.7. The zero-order valence-corrected chi connectivity index (χ0v) is 20.8. The second-order valence-electron chi connectivity index (χ2n) is 8.26. The summed E-state index contributed by atoms with van der Waals surface area (Å²) < 4.78 is 47.1. The Bertz CT molecular complexity index is 1340. The third-order valence-electron chi connectivity index (χ3n) is 5.59. The summed E-state index contributed by atoms with van der Waals surface area (Å²) in [6, 6.07) is 11.0. The van der Waals surface area contributed by atoms with Crippen LogP contribution in [0.15, 0.2) is 59.5 Å². The fraction of sp³-hybridized carbons (Fsp3) is 0.292. The van der Waals surface area contributed by atoms with Crippen molar-refractivity contribution in [1.82, 2.24) is 14.8 Å². The Balaban J connectivity index is 1.39. The Morgan fingerprint density at radius 3 is 2.65 bits per heavy atom. The van der Waals surface area contributed by atoms with E-state index < -0.39 is 42.8 Å². The van der Waals surface area contributed by atoms with Gasteiger partial charge in [-0.25, -0.2) is 13.2 Å². The highest BCUT2D eigenvalue weighted by Crippen LogP contribution is 2.23. The van der Waals surface area contributed by atoms with E-state index in [1.807, 2.05) is 0 Å². The first kappa shape index (κ1) is 26.9. The normalized spacial score (nSPS) is 17.8. The number of thiophene rings is 1. The molecule has 0 radical (unpaired) electrons. The molecule has 0 saturated carbocycles. The lowest BCUT2D eigenvalue weighted by Crippen LogP contribution is -2.44. The molecule has 196 valence electrons. The lowest BCUT2D eigenvalue weighted by atomic mass is 10.2. The number of carbonyl (C=O) groups is 2. The Kier molecular flexibility index (Phi) is 8.64. The zero-order chi connectivity index (χ0) is 26.5. The molecule has 0 unspecified atom stereocenters. The number of benzene rings is 1. The molecule has 3 aromatic rings. The SMILES string of the molecule is O=C(CN1C[C@H](NC(=O)c2ccc(Cl)s2)[C@@H](OCC(F)F)C1)Nc1ccc(-n2ccccc2=O)cc1F. The molecule has 1 fully saturated rings. The predicted molar refractivity (Wildman–Crippen MR) is 133 cm³/mol. The van der Waals surface area contributed by atoms with Crippen LogP contribution in [0.4, 0.5) is 18.9 Å². The second kappa shape index (κ2) is 11.9. The van der Waals surface area contributed by atoms with Gasteiger partial charge in [0.15, 0.2) is 0 Å². The van der Waals surface area contributed by atoms with Crippen molar-refractivity contribution in [1.29, 1.82) is 0 Å². The molecule has 13 heteroatoms. The summed E-state index contributed by atoms with van der Waals surface area (Å²) in [5.41, 5.74) is -0.118. The van der Waals surface area contributed by atoms with Crippen molar-refractivity contribution in [3.63, 3.8) is 0 Å². The number of alkyl halides is 2. The lowest BCUT2D eigenvalue weighted by molar-refractivity contribution is -0.117. The van der Waals surface area contributed by atoms with Gasteiger partial charge in [0.25, 0.3) is 17.9 Å². The third kappa shape index (κ3) is 6.98. The van der Waals surface area contributed by atoms with Crippen molar-refractivity contribution in [3.8, 4) is 5.69 Å². The quantitative estimate of drug-likeness (QED) is 0.423. The van der Waals surface area contributed by atoms with Crippen LogP contribution in [0, 0.1) is 5.82 Å². The van der Waals surface area contributed by atoms with Crippen molar-refractivity contribution in [2.75, 3.05) is 31.6 Å². The average Bonchev–Trinajstić information content (AvgIpc) is 3.45. The van der Waals surface area contributed by atoms with Gasteiger partial charge in [-0.2, -0.15) is 0 Å². The Morgan fingerprint density at radius 1 is 1.16 bits per heavy atom. The summed E-state index contributed by atoms with van der Waals surface area (Å²) in [6.07, 6.45) is -1.97. The zero-order valence-electron chi connectivity index (χ0n) is 19.2. The number of anilines is 1. The fourth-order valence-corrected chi connectivity index (χ4v) is 4.90. The van der Waals surface area contributed by atoms with E-state index in [1.165, 1.54) is 29.0 Å². The van der Waals surface area contributed by atoms with Crippen LogP contribution in [-0.2, 0) is 9.53 Å². The summed E-state index contributed by atoms with van der Waals surface area (Å²) >= 11 is 6.95. The van der Waals surface area contributed by atoms with E-state index in [9.17, 15) is 27.6 Å². The molecule has 37 heavy (non-hydrogen) atoms. The Labute approximate surface area is 218 Å². The molecule has 0 spiro atoms. The van der Waals surface area contributed by atoms with E-state index in [1.54, 1.807) is 29.2 Å². The molecule has 1 aliphatic heterocycles. The molecule has 0 aliphatic carbocycles. The van der Waals surface area contributed by atoms with Crippen LogP contribution in [0.3, 0.4) is 0 Å². The standard InChI is InChI=1S/C24H22ClF3N4O4S/c25-20-7-6-19(37-20)24(35)30-17-10-31(11-18(17)36-13-21(27)28)12-22(33)29-16-5-4-14(9-15(16)26)32-8-2-1-3-23(32)34/h1-9,17-18,21H,10-13H2,(H,29,33)(H,30,35)/t17-,18-/m0/s1. The van der Waals surface area contributed by atoms with Gasteiger partial charge in [-0.3, -0.25) is 23.9 Å². The molecule has 1 saturated heterocycles. The van der Waals surface area contributed by atoms with Crippen molar-refractivity contribution in [2.24, 2.45) is 0 Å². The van der Waals surface area contributed by atoms with Gasteiger partial charge in [-0.1, -0.05) is 17.7 Å². The van der Waals surface area contributed by atoms with Crippen molar-refractivity contribution >= 4 is 40.4 Å². The highest BCUT2D eigenvalue weighted by atomic mass is 35.5. The number of nitrogens with zero attached hydrogens (tertiary/aromatic N) is 2. The first-order valence-electron chi connectivity index (χ1n) is 11.2. The molecule has 8 nitrogen and oxygen atoms in total. The maximum Gasteiger partial charge on any atom is 0.261 e. The lowest BCUT2D eigenvalue weighted by Gasteiger charge is -2.19. The van der Waals surface area contributed by atoms with E-state index in [2.05, 4.69) is 10.6 Å². The number of carbonyl (C=O) groups excluding carboxylic acids is 2. The summed E-state index contributed by atoms with van der Waals surface area (Å²) in [5.74, 6) is -1.72. The maximum atomic E-state index is 14.7. The van der Waals surface area contributed by atoms with Gasteiger partial charge < -0.3 is 15.4 Å². The molecule has 2 atom stereocenters. The number of likely N-dealkylation sites (tertiary alicyclic amines) is 1. The highest BCUT2D eigenvalue weighted by Gasteiger charge is 2.36. The molecule has 2 N–H and O–H groups in total. The Hall–Kier alpha value is -3.19. The van der Waals surface area contributed by atoms with Crippen LogP contribution in [0.25, 0.3) is 5.69 Å². The molecule has 4 rings (SSSR count). The molecule has 3 heterocycles. The highest BCUT2D eigenvalue weighted by molar-refractivity contribution is 7.18. The monoisotopic (exact) mass is 554 g/mol. The van der Waals surface area contributed by atoms with E-state index >= 15 is 0 Å². The molecule has 2 amide bonds. The van der Waals surface area contributed by atoms with Crippen LogP contribution in [0.2, 0.25) is 4.34 Å².